The number of benzene rings is 2. The van der Waals surface area contributed by atoms with Crippen molar-refractivity contribution in [3.63, 3.8) is 0 Å². The summed E-state index contributed by atoms with van der Waals surface area (Å²) in [4.78, 5) is 45.2. The number of allylic oxidation sites excluding steroid dienone is 1. The van der Waals surface area contributed by atoms with Gasteiger partial charge in [-0.2, -0.15) is 0 Å². The molecule has 1 fully saturated rings. The number of rotatable bonds is 9. The van der Waals surface area contributed by atoms with E-state index in [2.05, 4.69) is 4.90 Å². The summed E-state index contributed by atoms with van der Waals surface area (Å²) in [6.45, 7) is 8.87. The lowest BCUT2D eigenvalue weighted by Gasteiger charge is -2.36. The summed E-state index contributed by atoms with van der Waals surface area (Å²) in [5.74, 6) is 0.410. The maximum atomic E-state index is 13.3. The van der Waals surface area contributed by atoms with Crippen LogP contribution in [0.4, 0.5) is 5.69 Å². The molecule has 1 atom stereocenters. The Labute approximate surface area is 246 Å². The third kappa shape index (κ3) is 6.05. The first-order valence-corrected chi connectivity index (χ1v) is 14.5. The van der Waals surface area contributed by atoms with Crippen LogP contribution in [0, 0.1) is 0 Å². The highest BCUT2D eigenvalue weighted by Crippen LogP contribution is 2.38. The zero-order valence-electron chi connectivity index (χ0n) is 24.4. The Morgan fingerprint density at radius 2 is 1.62 bits per heavy atom. The Morgan fingerprint density at radius 1 is 0.905 bits per heavy atom. The van der Waals surface area contributed by atoms with Gasteiger partial charge in [0.1, 0.15) is 11.5 Å². The van der Waals surface area contributed by atoms with Gasteiger partial charge < -0.3 is 28.6 Å². The van der Waals surface area contributed by atoms with Gasteiger partial charge >= 0.3 is 5.97 Å². The first kappa shape index (κ1) is 29.0. The van der Waals surface area contributed by atoms with Crippen LogP contribution < -0.4 is 9.64 Å². The Bertz CT molecular complexity index is 1460. The highest BCUT2D eigenvalue weighted by molar-refractivity contribution is 5.96. The van der Waals surface area contributed by atoms with Gasteiger partial charge in [-0.05, 0) is 50.6 Å². The van der Waals surface area contributed by atoms with Crippen molar-refractivity contribution in [1.29, 1.82) is 0 Å². The first-order valence-electron chi connectivity index (χ1n) is 14.5. The van der Waals surface area contributed by atoms with Crippen LogP contribution in [0.2, 0.25) is 0 Å². The van der Waals surface area contributed by atoms with Gasteiger partial charge in [-0.15, -0.1) is 0 Å². The number of amides is 2. The number of nitrogens with zero attached hydrogens (tertiary/aromatic N) is 3. The number of ether oxygens (including phenoxy) is 2. The Morgan fingerprint density at radius 3 is 2.33 bits per heavy atom. The van der Waals surface area contributed by atoms with Crippen molar-refractivity contribution in [3.05, 3.63) is 95.1 Å². The molecule has 1 unspecified atom stereocenters. The molecule has 1 aromatic heterocycles. The molecule has 2 amide bonds. The predicted molar refractivity (Wildman–Crippen MR) is 158 cm³/mol. The van der Waals surface area contributed by atoms with Crippen molar-refractivity contribution in [2.75, 3.05) is 44.3 Å². The van der Waals surface area contributed by atoms with E-state index in [0.29, 0.717) is 49.8 Å². The van der Waals surface area contributed by atoms with E-state index in [0.717, 1.165) is 17.0 Å². The predicted octanol–water partition coefficient (Wildman–Crippen LogP) is 4.99. The molecule has 9 nitrogen and oxygen atoms in total. The summed E-state index contributed by atoms with van der Waals surface area (Å²) in [5, 5.41) is 0. The second kappa shape index (κ2) is 13.0. The molecule has 0 aliphatic carbocycles. The number of furan rings is 1. The standard InChI is InChI=1S/C33H37N3O6/c1-4-40-28-14-10-9-13-27(28)34-17-19-35(20-18-34)32(38)29-16-15-25(42-29)22-36-23(3)31(33(39)41-5-2)26(21-30(36)37)24-11-7-6-8-12-24/h6-16,26H,4-5,17-22H2,1-3H3. The molecular formula is C33H37N3O6. The van der Waals surface area contributed by atoms with Crippen LogP contribution in [0.5, 0.6) is 5.75 Å². The molecule has 220 valence electrons. The molecule has 0 spiro atoms. The fraction of sp³-hybridized carbons (Fsp3) is 0.364. The molecule has 2 aromatic carbocycles. The minimum Gasteiger partial charge on any atom is -0.492 e. The fourth-order valence-electron chi connectivity index (χ4n) is 5.68. The van der Waals surface area contributed by atoms with Gasteiger partial charge in [0.15, 0.2) is 5.76 Å². The van der Waals surface area contributed by atoms with E-state index in [1.807, 2.05) is 61.5 Å². The monoisotopic (exact) mass is 571 g/mol. The molecule has 42 heavy (non-hydrogen) atoms. The van der Waals surface area contributed by atoms with Crippen molar-refractivity contribution < 1.29 is 28.3 Å². The molecule has 3 aromatic rings. The third-order valence-electron chi connectivity index (χ3n) is 7.78. The van der Waals surface area contributed by atoms with Gasteiger partial charge in [-0.1, -0.05) is 42.5 Å². The maximum absolute atomic E-state index is 13.3. The smallest absolute Gasteiger partial charge is 0.336 e. The molecule has 2 aliphatic heterocycles. The average Bonchev–Trinajstić information content (AvgIpc) is 3.48. The zero-order chi connectivity index (χ0) is 29.6. The van der Waals surface area contributed by atoms with Gasteiger partial charge in [-0.25, -0.2) is 4.79 Å². The van der Waals surface area contributed by atoms with Crippen molar-refractivity contribution >= 4 is 23.5 Å². The fourth-order valence-corrected chi connectivity index (χ4v) is 5.68. The molecule has 5 rings (SSSR count). The van der Waals surface area contributed by atoms with Gasteiger partial charge in [0, 0.05) is 44.2 Å². The molecule has 0 N–H and O–H groups in total. The number of hydrogen-bond acceptors (Lipinski definition) is 7. The van der Waals surface area contributed by atoms with Crippen LogP contribution in [0.3, 0.4) is 0 Å². The summed E-state index contributed by atoms with van der Waals surface area (Å²) < 4.78 is 17.1. The lowest BCUT2D eigenvalue weighted by Crippen LogP contribution is -2.48. The number of hydrogen-bond donors (Lipinski definition) is 0. The van der Waals surface area contributed by atoms with Crippen LogP contribution in [0.15, 0.2) is 82.4 Å². The molecular weight excluding hydrogens is 534 g/mol. The first-order chi connectivity index (χ1) is 20.4. The summed E-state index contributed by atoms with van der Waals surface area (Å²) in [6.07, 6.45) is 0.138. The van der Waals surface area contributed by atoms with Crippen LogP contribution in [-0.4, -0.2) is 67.0 Å². The molecule has 0 bridgehead atoms. The second-order valence-corrected chi connectivity index (χ2v) is 10.3. The van der Waals surface area contributed by atoms with Crippen molar-refractivity contribution in [3.8, 4) is 5.75 Å². The number of esters is 1. The second-order valence-electron chi connectivity index (χ2n) is 10.3. The quantitative estimate of drug-likeness (QED) is 0.334. The van der Waals surface area contributed by atoms with E-state index in [1.54, 1.807) is 35.8 Å². The van der Waals surface area contributed by atoms with E-state index >= 15 is 0 Å². The van der Waals surface area contributed by atoms with Crippen LogP contribution >= 0.6 is 0 Å². The van der Waals surface area contributed by atoms with E-state index in [1.165, 1.54) is 0 Å². The average molecular weight is 572 g/mol. The number of carbonyl (C=O) groups is 3. The summed E-state index contributed by atoms with van der Waals surface area (Å²) in [5.41, 5.74) is 2.92. The maximum Gasteiger partial charge on any atom is 0.336 e. The minimum absolute atomic E-state index is 0.115. The Hall–Kier alpha value is -4.53. The molecule has 0 radical (unpaired) electrons. The van der Waals surface area contributed by atoms with Gasteiger partial charge in [0.25, 0.3) is 5.91 Å². The Kier molecular flexibility index (Phi) is 8.95. The Balaban J connectivity index is 1.28. The van der Waals surface area contributed by atoms with E-state index in [-0.39, 0.29) is 43.1 Å². The summed E-state index contributed by atoms with van der Waals surface area (Å²) in [7, 11) is 0. The van der Waals surface area contributed by atoms with Crippen LogP contribution in [0.25, 0.3) is 0 Å². The lowest BCUT2D eigenvalue weighted by atomic mass is 9.83. The largest absolute Gasteiger partial charge is 0.492 e. The number of para-hydroxylation sites is 2. The van der Waals surface area contributed by atoms with Crippen molar-refractivity contribution in [2.45, 2.75) is 39.7 Å². The highest BCUT2D eigenvalue weighted by atomic mass is 16.5. The van der Waals surface area contributed by atoms with E-state index in [4.69, 9.17) is 13.9 Å². The molecule has 9 heteroatoms. The lowest BCUT2D eigenvalue weighted by molar-refractivity contribution is -0.140. The number of carbonyl (C=O) groups excluding carboxylic acids is 3. The van der Waals surface area contributed by atoms with Crippen molar-refractivity contribution in [2.24, 2.45) is 0 Å². The SMILES string of the molecule is CCOC(=O)C1=C(C)N(Cc2ccc(C(=O)N3CCN(c4ccccc4OCC)CC3)o2)C(=O)CC1c1ccccc1. The molecule has 0 saturated carbocycles. The van der Waals surface area contributed by atoms with Gasteiger partial charge in [-0.3, -0.25) is 9.59 Å². The van der Waals surface area contributed by atoms with Crippen molar-refractivity contribution in [1.82, 2.24) is 9.80 Å². The summed E-state index contributed by atoms with van der Waals surface area (Å²) >= 11 is 0. The van der Waals surface area contributed by atoms with Crippen LogP contribution in [-0.2, 0) is 20.9 Å². The topological polar surface area (TPSA) is 92.5 Å². The minimum atomic E-state index is -0.431. The van der Waals surface area contributed by atoms with Gasteiger partial charge in [0.05, 0.1) is 31.0 Å². The van der Waals surface area contributed by atoms with Gasteiger partial charge in [0.2, 0.25) is 5.91 Å². The highest BCUT2D eigenvalue weighted by Gasteiger charge is 2.37. The zero-order valence-corrected chi connectivity index (χ0v) is 24.4. The number of piperazine rings is 1. The molecule has 2 aliphatic rings. The van der Waals surface area contributed by atoms with E-state index < -0.39 is 5.97 Å². The normalized spacial score (nSPS) is 17.5. The summed E-state index contributed by atoms with van der Waals surface area (Å²) in [6, 6.07) is 20.8. The third-order valence-corrected chi connectivity index (χ3v) is 7.78. The van der Waals surface area contributed by atoms with Crippen LogP contribution in [0.1, 0.15) is 55.0 Å². The molecule has 3 heterocycles. The molecule has 1 saturated heterocycles. The van der Waals surface area contributed by atoms with E-state index in [9.17, 15) is 14.4 Å². The number of anilines is 1.